The molecule has 1 atom stereocenters. The minimum atomic E-state index is -0.848. The van der Waals surface area contributed by atoms with Crippen molar-refractivity contribution in [1.82, 2.24) is 19.7 Å². The lowest BCUT2D eigenvalue weighted by atomic mass is 10.1. The van der Waals surface area contributed by atoms with Crippen LogP contribution < -0.4 is 5.32 Å². The molecule has 0 aliphatic heterocycles. The van der Waals surface area contributed by atoms with Crippen LogP contribution in [0.15, 0.2) is 42.7 Å². The number of hydrogen-bond acceptors (Lipinski definition) is 4. The molecule has 9 heteroatoms. The molecule has 30 heavy (non-hydrogen) atoms. The van der Waals surface area contributed by atoms with Crippen LogP contribution in [0.2, 0.25) is 0 Å². The second kappa shape index (κ2) is 7.17. The van der Waals surface area contributed by atoms with E-state index in [0.29, 0.717) is 17.3 Å². The van der Waals surface area contributed by atoms with Gasteiger partial charge in [0.2, 0.25) is 0 Å². The Morgan fingerprint density at radius 3 is 2.63 bits per heavy atom. The first-order chi connectivity index (χ1) is 14.5. The lowest BCUT2D eigenvalue weighted by Gasteiger charge is -2.19. The average Bonchev–Trinajstić information content (AvgIpc) is 3.32. The van der Waals surface area contributed by atoms with E-state index in [1.165, 1.54) is 35.2 Å². The minimum absolute atomic E-state index is 0.0727. The Balaban J connectivity index is 1.55. The molecule has 0 saturated heterocycles. The summed E-state index contributed by atoms with van der Waals surface area (Å²) in [6.07, 6.45) is 3.57. The van der Waals surface area contributed by atoms with Crippen molar-refractivity contribution >= 4 is 16.7 Å². The molecule has 1 saturated carbocycles. The lowest BCUT2D eigenvalue weighted by Crippen LogP contribution is -2.17. The molecule has 2 aromatic heterocycles. The molecule has 0 bridgehead atoms. The fourth-order valence-corrected chi connectivity index (χ4v) is 3.56. The number of fused-ring (bicyclic) bond motifs is 1. The molecule has 6 nitrogen and oxygen atoms in total. The Morgan fingerprint density at radius 1 is 1.17 bits per heavy atom. The first-order valence-electron chi connectivity index (χ1n) is 9.58. The molecule has 0 radical (unpaired) electrons. The number of aromatic nitrogens is 4. The predicted octanol–water partition coefficient (Wildman–Crippen LogP) is 4.19. The highest BCUT2D eigenvalue weighted by Crippen LogP contribution is 2.39. The molecule has 1 aliphatic carbocycles. The van der Waals surface area contributed by atoms with Crippen molar-refractivity contribution in [2.75, 3.05) is 11.9 Å². The number of H-pyrrole nitrogens is 1. The highest BCUT2D eigenvalue weighted by atomic mass is 19.1. The summed E-state index contributed by atoms with van der Waals surface area (Å²) in [6, 6.07) is 7.49. The molecule has 1 fully saturated rings. The summed E-state index contributed by atoms with van der Waals surface area (Å²) in [5.74, 6) is -1.22. The van der Waals surface area contributed by atoms with E-state index in [-0.39, 0.29) is 11.0 Å². The van der Waals surface area contributed by atoms with Gasteiger partial charge in [0.15, 0.2) is 17.5 Å². The maximum atomic E-state index is 15.4. The van der Waals surface area contributed by atoms with Crippen LogP contribution in [-0.2, 0) is 0 Å². The van der Waals surface area contributed by atoms with Crippen LogP contribution in [0.25, 0.3) is 16.9 Å². The molecule has 3 N–H and O–H groups in total. The van der Waals surface area contributed by atoms with Crippen LogP contribution >= 0.6 is 0 Å². The van der Waals surface area contributed by atoms with E-state index in [2.05, 4.69) is 20.5 Å². The zero-order valence-electron chi connectivity index (χ0n) is 15.7. The zero-order valence-corrected chi connectivity index (χ0v) is 15.7. The van der Waals surface area contributed by atoms with E-state index in [1.54, 1.807) is 0 Å². The quantitative estimate of drug-likeness (QED) is 0.443. The third kappa shape index (κ3) is 3.21. The number of aromatic amines is 1. The SMILES string of the molecule is OC[C@H](Nc1c(F)cc2ncn(-c3cc(C4CC4)[nH]n3)c2c1F)c1ccc(F)cc1. The number of aliphatic hydroxyl groups excluding tert-OH is 1. The van der Waals surface area contributed by atoms with Gasteiger partial charge in [0.25, 0.3) is 0 Å². The van der Waals surface area contributed by atoms with Crippen molar-refractivity contribution < 1.29 is 18.3 Å². The van der Waals surface area contributed by atoms with E-state index in [9.17, 15) is 13.9 Å². The standard InChI is InChI=1S/C21H18F3N5O/c22-13-5-3-12(4-6-13)17(9-30)26-20-14(23)7-16-21(19(20)24)29(10-25-16)18-8-15(27-28-18)11-1-2-11/h3-8,10-11,17,26,30H,1-2,9H2,(H,27,28)/t17-/m0/s1. The number of hydrogen-bond donors (Lipinski definition) is 3. The number of halogens is 3. The van der Waals surface area contributed by atoms with Crippen LogP contribution in [0, 0.1) is 17.5 Å². The van der Waals surface area contributed by atoms with Crippen molar-refractivity contribution in [3.05, 3.63) is 71.4 Å². The number of rotatable bonds is 6. The van der Waals surface area contributed by atoms with Gasteiger partial charge in [-0.05, 0) is 30.5 Å². The van der Waals surface area contributed by atoms with Gasteiger partial charge in [0.1, 0.15) is 23.3 Å². The van der Waals surface area contributed by atoms with E-state index in [1.807, 2.05) is 6.07 Å². The van der Waals surface area contributed by atoms with E-state index in [4.69, 9.17) is 0 Å². The van der Waals surface area contributed by atoms with Crippen molar-refractivity contribution in [3.63, 3.8) is 0 Å². The monoisotopic (exact) mass is 413 g/mol. The number of nitrogens with one attached hydrogen (secondary N) is 2. The smallest absolute Gasteiger partial charge is 0.175 e. The van der Waals surface area contributed by atoms with Crippen molar-refractivity contribution in [2.24, 2.45) is 0 Å². The molecule has 2 aromatic carbocycles. The van der Waals surface area contributed by atoms with E-state index < -0.39 is 35.8 Å². The van der Waals surface area contributed by atoms with Gasteiger partial charge < -0.3 is 10.4 Å². The summed E-state index contributed by atoms with van der Waals surface area (Å²) < 4.78 is 44.7. The molecule has 0 unspecified atom stereocenters. The normalized spacial score (nSPS) is 14.9. The van der Waals surface area contributed by atoms with Crippen LogP contribution in [0.3, 0.4) is 0 Å². The average molecular weight is 413 g/mol. The number of aliphatic hydroxyl groups is 1. The van der Waals surface area contributed by atoms with Crippen molar-refractivity contribution in [1.29, 1.82) is 0 Å². The maximum Gasteiger partial charge on any atom is 0.175 e. The summed E-state index contributed by atoms with van der Waals surface area (Å²) in [5.41, 5.74) is 1.29. The van der Waals surface area contributed by atoms with Gasteiger partial charge in [-0.3, -0.25) is 9.67 Å². The number of anilines is 1. The lowest BCUT2D eigenvalue weighted by molar-refractivity contribution is 0.275. The van der Waals surface area contributed by atoms with Crippen LogP contribution in [0.1, 0.15) is 36.1 Å². The summed E-state index contributed by atoms with van der Waals surface area (Å²) in [6.45, 7) is -0.439. The van der Waals surface area contributed by atoms with E-state index >= 15 is 4.39 Å². The summed E-state index contributed by atoms with van der Waals surface area (Å²) in [5, 5.41) is 19.6. The van der Waals surface area contributed by atoms with Gasteiger partial charge in [0.05, 0.1) is 18.2 Å². The van der Waals surface area contributed by atoms with Gasteiger partial charge >= 0.3 is 0 Å². The molecule has 1 aliphatic rings. The van der Waals surface area contributed by atoms with Crippen LogP contribution in [0.4, 0.5) is 18.9 Å². The molecule has 5 rings (SSSR count). The fraction of sp³-hybridized carbons (Fsp3) is 0.238. The Bertz CT molecular complexity index is 1210. The molecule has 154 valence electrons. The Hall–Kier alpha value is -3.33. The maximum absolute atomic E-state index is 15.4. The molecule has 2 heterocycles. The van der Waals surface area contributed by atoms with Gasteiger partial charge in [-0.25, -0.2) is 18.2 Å². The van der Waals surface area contributed by atoms with Gasteiger partial charge in [0, 0.05) is 23.7 Å². The third-order valence-corrected chi connectivity index (χ3v) is 5.35. The number of benzene rings is 2. The summed E-state index contributed by atoms with van der Waals surface area (Å²) in [4.78, 5) is 4.10. The summed E-state index contributed by atoms with van der Waals surface area (Å²) >= 11 is 0. The van der Waals surface area contributed by atoms with E-state index in [0.717, 1.165) is 24.6 Å². The minimum Gasteiger partial charge on any atom is -0.394 e. The summed E-state index contributed by atoms with van der Waals surface area (Å²) in [7, 11) is 0. The molecular weight excluding hydrogens is 395 g/mol. The first-order valence-corrected chi connectivity index (χ1v) is 9.58. The predicted molar refractivity (Wildman–Crippen MR) is 105 cm³/mol. The second-order valence-electron chi connectivity index (χ2n) is 7.42. The molecule has 4 aromatic rings. The Labute approximate surface area is 169 Å². The van der Waals surface area contributed by atoms with Crippen molar-refractivity contribution in [3.8, 4) is 5.82 Å². The highest BCUT2D eigenvalue weighted by Gasteiger charge is 2.27. The van der Waals surface area contributed by atoms with Crippen LogP contribution in [0.5, 0.6) is 0 Å². The third-order valence-electron chi connectivity index (χ3n) is 5.35. The molecule has 0 spiro atoms. The molecule has 0 amide bonds. The highest BCUT2D eigenvalue weighted by molar-refractivity contribution is 5.82. The molecular formula is C21H18F3N5O. The van der Waals surface area contributed by atoms with Crippen LogP contribution in [-0.4, -0.2) is 31.5 Å². The second-order valence-corrected chi connectivity index (χ2v) is 7.42. The zero-order chi connectivity index (χ0) is 20.8. The van der Waals surface area contributed by atoms with Crippen molar-refractivity contribution in [2.45, 2.75) is 24.8 Å². The van der Waals surface area contributed by atoms with Gasteiger partial charge in [-0.2, -0.15) is 5.10 Å². The van der Waals surface area contributed by atoms with Gasteiger partial charge in [-0.1, -0.05) is 12.1 Å². The largest absolute Gasteiger partial charge is 0.394 e. The Kier molecular flexibility index (Phi) is 4.47. The van der Waals surface area contributed by atoms with Gasteiger partial charge in [-0.15, -0.1) is 0 Å². The number of nitrogens with zero attached hydrogens (tertiary/aromatic N) is 3. The Morgan fingerprint density at radius 2 is 1.93 bits per heavy atom. The first kappa shape index (κ1) is 18.7. The fourth-order valence-electron chi connectivity index (χ4n) is 3.56. The topological polar surface area (TPSA) is 78.8 Å². The number of imidazole rings is 1.